The minimum absolute atomic E-state index is 0.0434. The van der Waals surface area contributed by atoms with Gasteiger partial charge in [0.05, 0.1) is 24.2 Å². The fourth-order valence-corrected chi connectivity index (χ4v) is 3.81. The molecular weight excluding hydrogens is 328 g/mol. The number of morpholine rings is 1. The molecule has 7 heteroatoms. The van der Waals surface area contributed by atoms with E-state index in [0.717, 1.165) is 23.5 Å². The van der Waals surface area contributed by atoms with Gasteiger partial charge in [0, 0.05) is 41.0 Å². The number of nitro groups is 1. The van der Waals surface area contributed by atoms with Crippen LogP contribution < -0.4 is 0 Å². The molecule has 2 aromatic rings. The second kappa shape index (κ2) is 7.40. The molecule has 24 heavy (non-hydrogen) atoms. The van der Waals surface area contributed by atoms with E-state index in [0.29, 0.717) is 12.6 Å². The number of hydrogen-bond acceptors (Lipinski definition) is 6. The highest BCUT2D eigenvalue weighted by atomic mass is 32.1. The van der Waals surface area contributed by atoms with Crippen LogP contribution in [0.15, 0.2) is 36.4 Å². The van der Waals surface area contributed by atoms with Gasteiger partial charge in [-0.1, -0.05) is 0 Å². The first-order valence-corrected chi connectivity index (χ1v) is 8.68. The van der Waals surface area contributed by atoms with Crippen LogP contribution in [0, 0.1) is 10.1 Å². The minimum Gasteiger partial charge on any atom is -0.394 e. The second-order valence-corrected chi connectivity index (χ2v) is 7.15. The Morgan fingerprint density at radius 3 is 2.75 bits per heavy atom. The number of benzene rings is 1. The van der Waals surface area contributed by atoms with Gasteiger partial charge in [-0.3, -0.25) is 15.0 Å². The summed E-state index contributed by atoms with van der Waals surface area (Å²) in [6.45, 7) is 4.34. The van der Waals surface area contributed by atoms with Crippen LogP contribution in [0.3, 0.4) is 0 Å². The third-order valence-corrected chi connectivity index (χ3v) is 5.34. The standard InChI is InChI=1S/C17H20N2O4S/c1-12-11-23-15(10-20)8-18(12)9-16-6-7-17(24-16)13-2-4-14(5-3-13)19(21)22/h2-7,12,15,20H,8-11H2,1H3. The van der Waals surface area contributed by atoms with Crippen molar-refractivity contribution < 1.29 is 14.8 Å². The van der Waals surface area contributed by atoms with E-state index in [1.54, 1.807) is 23.5 Å². The molecular formula is C17H20N2O4S. The van der Waals surface area contributed by atoms with Gasteiger partial charge in [-0.25, -0.2) is 0 Å². The van der Waals surface area contributed by atoms with Crippen LogP contribution in [0.2, 0.25) is 0 Å². The van der Waals surface area contributed by atoms with Gasteiger partial charge in [-0.2, -0.15) is 0 Å². The first kappa shape index (κ1) is 17.0. The molecule has 0 amide bonds. The first-order valence-electron chi connectivity index (χ1n) is 7.87. The number of aliphatic hydroxyl groups is 1. The molecule has 1 fully saturated rings. The van der Waals surface area contributed by atoms with Gasteiger partial charge in [0.15, 0.2) is 0 Å². The third kappa shape index (κ3) is 3.81. The molecule has 1 aromatic heterocycles. The molecule has 2 heterocycles. The van der Waals surface area contributed by atoms with E-state index < -0.39 is 0 Å². The molecule has 6 nitrogen and oxygen atoms in total. The van der Waals surface area contributed by atoms with E-state index in [1.165, 1.54) is 17.0 Å². The molecule has 0 spiro atoms. The van der Waals surface area contributed by atoms with Crippen LogP contribution >= 0.6 is 11.3 Å². The van der Waals surface area contributed by atoms with Gasteiger partial charge in [0.2, 0.25) is 0 Å². The van der Waals surface area contributed by atoms with Crippen molar-refractivity contribution in [2.24, 2.45) is 0 Å². The highest BCUT2D eigenvalue weighted by molar-refractivity contribution is 7.15. The van der Waals surface area contributed by atoms with Crippen LogP contribution in [-0.2, 0) is 11.3 Å². The maximum atomic E-state index is 10.7. The van der Waals surface area contributed by atoms with E-state index in [4.69, 9.17) is 4.74 Å². The minimum atomic E-state index is -0.388. The summed E-state index contributed by atoms with van der Waals surface area (Å²) in [7, 11) is 0. The average Bonchev–Trinajstić information content (AvgIpc) is 3.05. The third-order valence-electron chi connectivity index (χ3n) is 4.22. The van der Waals surface area contributed by atoms with Crippen molar-refractivity contribution in [2.75, 3.05) is 19.8 Å². The van der Waals surface area contributed by atoms with Crippen molar-refractivity contribution in [1.29, 1.82) is 0 Å². The van der Waals surface area contributed by atoms with Gasteiger partial charge >= 0.3 is 0 Å². The first-order chi connectivity index (χ1) is 11.6. The summed E-state index contributed by atoms with van der Waals surface area (Å²) in [6.07, 6.45) is -0.115. The lowest BCUT2D eigenvalue weighted by Crippen LogP contribution is -2.48. The Bertz CT molecular complexity index is 701. The number of rotatable bonds is 5. The Morgan fingerprint density at radius 2 is 2.08 bits per heavy atom. The molecule has 0 bridgehead atoms. The quantitative estimate of drug-likeness (QED) is 0.664. The molecule has 1 N–H and O–H groups in total. The van der Waals surface area contributed by atoms with Crippen molar-refractivity contribution >= 4 is 17.0 Å². The van der Waals surface area contributed by atoms with Gasteiger partial charge in [-0.15, -0.1) is 11.3 Å². The molecule has 0 aliphatic carbocycles. The van der Waals surface area contributed by atoms with Gasteiger partial charge in [0.1, 0.15) is 0 Å². The molecule has 1 aliphatic heterocycles. The lowest BCUT2D eigenvalue weighted by molar-refractivity contribution is -0.384. The van der Waals surface area contributed by atoms with E-state index in [2.05, 4.69) is 24.0 Å². The zero-order valence-corrected chi connectivity index (χ0v) is 14.2. The van der Waals surface area contributed by atoms with Gasteiger partial charge in [-0.05, 0) is 36.8 Å². The topological polar surface area (TPSA) is 75.8 Å². The summed E-state index contributed by atoms with van der Waals surface area (Å²) < 4.78 is 5.57. The second-order valence-electron chi connectivity index (χ2n) is 5.99. The fraction of sp³-hybridized carbons (Fsp3) is 0.412. The van der Waals surface area contributed by atoms with Crippen molar-refractivity contribution in [1.82, 2.24) is 4.90 Å². The molecule has 0 saturated carbocycles. The Morgan fingerprint density at radius 1 is 1.33 bits per heavy atom. The van der Waals surface area contributed by atoms with Gasteiger partial charge in [0.25, 0.3) is 5.69 Å². The average molecular weight is 348 g/mol. The summed E-state index contributed by atoms with van der Waals surface area (Å²) >= 11 is 1.69. The molecule has 0 radical (unpaired) electrons. The van der Waals surface area contributed by atoms with E-state index in [-0.39, 0.29) is 23.3 Å². The van der Waals surface area contributed by atoms with Crippen LogP contribution in [0.1, 0.15) is 11.8 Å². The molecule has 1 aromatic carbocycles. The van der Waals surface area contributed by atoms with Crippen molar-refractivity contribution in [3.8, 4) is 10.4 Å². The van der Waals surface area contributed by atoms with Crippen LogP contribution in [0.5, 0.6) is 0 Å². The summed E-state index contributed by atoms with van der Waals surface area (Å²) in [5.41, 5.74) is 1.09. The summed E-state index contributed by atoms with van der Waals surface area (Å²) in [5.74, 6) is 0. The zero-order valence-electron chi connectivity index (χ0n) is 13.4. The summed E-state index contributed by atoms with van der Waals surface area (Å²) in [4.78, 5) is 15.0. The molecule has 3 rings (SSSR count). The van der Waals surface area contributed by atoms with Crippen LogP contribution in [0.4, 0.5) is 5.69 Å². The van der Waals surface area contributed by atoms with Crippen molar-refractivity contribution in [3.63, 3.8) is 0 Å². The Balaban J connectivity index is 1.70. The summed E-state index contributed by atoms with van der Waals surface area (Å²) in [6, 6.07) is 11.1. The highest BCUT2D eigenvalue weighted by Gasteiger charge is 2.25. The normalized spacial score (nSPS) is 21.8. The molecule has 2 unspecified atom stereocenters. The monoisotopic (exact) mass is 348 g/mol. The number of thiophene rings is 1. The van der Waals surface area contributed by atoms with Gasteiger partial charge < -0.3 is 9.84 Å². The SMILES string of the molecule is CC1COC(CO)CN1Cc1ccc(-c2ccc([N+](=O)[O-])cc2)s1. The molecule has 1 saturated heterocycles. The van der Waals surface area contributed by atoms with E-state index in [1.807, 2.05) is 0 Å². The lowest BCUT2D eigenvalue weighted by atomic mass is 10.1. The number of ether oxygens (including phenoxy) is 1. The van der Waals surface area contributed by atoms with E-state index >= 15 is 0 Å². The lowest BCUT2D eigenvalue weighted by Gasteiger charge is -2.37. The zero-order chi connectivity index (χ0) is 17.1. The molecule has 128 valence electrons. The predicted molar refractivity (Wildman–Crippen MR) is 93.1 cm³/mol. The summed E-state index contributed by atoms with van der Waals surface area (Å²) in [5, 5.41) is 20.0. The van der Waals surface area contributed by atoms with Crippen molar-refractivity contribution in [2.45, 2.75) is 25.6 Å². The fourth-order valence-electron chi connectivity index (χ4n) is 2.77. The highest BCUT2D eigenvalue weighted by Crippen LogP contribution is 2.30. The molecule has 2 atom stereocenters. The van der Waals surface area contributed by atoms with Crippen molar-refractivity contribution in [3.05, 3.63) is 51.4 Å². The van der Waals surface area contributed by atoms with Crippen LogP contribution in [-0.4, -0.2) is 46.8 Å². The number of aliphatic hydroxyl groups excluding tert-OH is 1. The number of nitrogens with zero attached hydrogens (tertiary/aromatic N) is 2. The predicted octanol–water partition coefficient (Wildman–Crippen LogP) is 2.90. The number of non-ortho nitro benzene ring substituents is 1. The van der Waals surface area contributed by atoms with Crippen LogP contribution in [0.25, 0.3) is 10.4 Å². The smallest absolute Gasteiger partial charge is 0.269 e. The van der Waals surface area contributed by atoms with E-state index in [9.17, 15) is 15.2 Å². The number of hydrogen-bond donors (Lipinski definition) is 1. The maximum absolute atomic E-state index is 10.7. The Kier molecular flexibility index (Phi) is 5.25. The number of nitro benzene ring substituents is 1. The maximum Gasteiger partial charge on any atom is 0.269 e. The Labute approximate surface area is 144 Å². The Hall–Kier alpha value is -1.80. The largest absolute Gasteiger partial charge is 0.394 e. The molecule has 1 aliphatic rings.